The third kappa shape index (κ3) is 10.3. The summed E-state index contributed by atoms with van der Waals surface area (Å²) in [6.45, 7) is 7.22. The Morgan fingerprint density at radius 3 is 1.94 bits per heavy atom. The third-order valence-corrected chi connectivity index (χ3v) is 5.72. The minimum Gasteiger partial charge on any atom is -0.480 e. The quantitative estimate of drug-likeness (QED) is 0.177. The lowest BCUT2D eigenvalue weighted by Crippen LogP contribution is -2.59. The summed E-state index contributed by atoms with van der Waals surface area (Å²) < 4.78 is 0. The van der Waals surface area contributed by atoms with Gasteiger partial charge in [0.15, 0.2) is 0 Å². The lowest BCUT2D eigenvalue weighted by molar-refractivity contribution is -0.143. The Balaban J connectivity index is 5.54. The number of carboxylic acid groups (broad SMARTS) is 1. The molecule has 0 aromatic heterocycles. The first-order valence-corrected chi connectivity index (χ1v) is 11.9. The van der Waals surface area contributed by atoms with Crippen molar-refractivity contribution >= 4 is 41.4 Å². The third-order valence-electron chi connectivity index (χ3n) is 5.08. The van der Waals surface area contributed by atoms with Crippen LogP contribution in [-0.2, 0) is 24.0 Å². The average Bonchev–Trinajstić information content (AvgIpc) is 2.72. The number of hydrogen-bond donors (Lipinski definition) is 6. The Labute approximate surface area is 193 Å². The largest absolute Gasteiger partial charge is 0.480 e. The molecule has 5 unspecified atom stereocenters. The summed E-state index contributed by atoms with van der Waals surface area (Å²) in [6, 6.07) is -4.30. The number of hydrogen-bond acceptors (Lipinski definition) is 7. The van der Waals surface area contributed by atoms with E-state index in [9.17, 15) is 29.1 Å². The molecule has 0 saturated carbocycles. The molecule has 0 saturated heterocycles. The van der Waals surface area contributed by atoms with Crippen LogP contribution in [0.25, 0.3) is 0 Å². The highest BCUT2D eigenvalue weighted by Gasteiger charge is 2.33. The van der Waals surface area contributed by atoms with Gasteiger partial charge in [0.25, 0.3) is 0 Å². The molecule has 4 amide bonds. The summed E-state index contributed by atoms with van der Waals surface area (Å²) >= 11 is 1.44. The number of amides is 4. The highest BCUT2D eigenvalue weighted by molar-refractivity contribution is 7.98. The van der Waals surface area contributed by atoms with Gasteiger partial charge in [-0.15, -0.1) is 0 Å². The molecule has 5 atom stereocenters. The molecule has 0 aromatic carbocycles. The fourth-order valence-electron chi connectivity index (χ4n) is 2.69. The Hall–Kier alpha value is -2.34. The van der Waals surface area contributed by atoms with Crippen LogP contribution in [0.2, 0.25) is 0 Å². The number of carbonyl (C=O) groups excluding carboxylic acids is 4. The van der Waals surface area contributed by atoms with Crippen molar-refractivity contribution in [1.29, 1.82) is 0 Å². The van der Waals surface area contributed by atoms with E-state index in [2.05, 4.69) is 16.0 Å². The average molecular weight is 476 g/mol. The van der Waals surface area contributed by atoms with Crippen molar-refractivity contribution in [3.8, 4) is 0 Å². The Morgan fingerprint density at radius 1 is 0.938 bits per heavy atom. The van der Waals surface area contributed by atoms with Gasteiger partial charge in [-0.3, -0.25) is 19.2 Å². The van der Waals surface area contributed by atoms with Gasteiger partial charge in [-0.05, 0) is 30.3 Å². The molecule has 0 radical (unpaired) electrons. The first-order chi connectivity index (χ1) is 14.8. The molecule has 0 spiro atoms. The van der Waals surface area contributed by atoms with E-state index in [4.69, 9.17) is 11.5 Å². The number of nitrogens with two attached hydrogens (primary N) is 2. The summed E-state index contributed by atoms with van der Waals surface area (Å²) in [5.41, 5.74) is 10.9. The minimum atomic E-state index is -1.51. The SMILES string of the molecule is CCC(C)C(NC(=O)C(N)C(C)C)C(=O)NC(CCSC)C(=O)NC(CC(N)=O)C(=O)O. The first kappa shape index (κ1) is 29.7. The topological polar surface area (TPSA) is 194 Å². The van der Waals surface area contributed by atoms with Gasteiger partial charge < -0.3 is 32.5 Å². The fourth-order valence-corrected chi connectivity index (χ4v) is 3.17. The van der Waals surface area contributed by atoms with Crippen molar-refractivity contribution in [3.05, 3.63) is 0 Å². The van der Waals surface area contributed by atoms with Gasteiger partial charge >= 0.3 is 5.97 Å². The van der Waals surface area contributed by atoms with Crippen molar-refractivity contribution in [1.82, 2.24) is 16.0 Å². The molecule has 0 aliphatic heterocycles. The number of rotatable bonds is 15. The van der Waals surface area contributed by atoms with E-state index in [1.165, 1.54) is 11.8 Å². The number of carboxylic acids is 1. The highest BCUT2D eigenvalue weighted by Crippen LogP contribution is 2.11. The summed E-state index contributed by atoms with van der Waals surface area (Å²) in [6.07, 6.45) is 2.04. The molecule has 0 rings (SSSR count). The van der Waals surface area contributed by atoms with Crippen LogP contribution in [0.1, 0.15) is 47.0 Å². The number of thioether (sulfide) groups is 1. The highest BCUT2D eigenvalue weighted by atomic mass is 32.2. The van der Waals surface area contributed by atoms with Crippen LogP contribution in [0.15, 0.2) is 0 Å². The zero-order valence-corrected chi connectivity index (χ0v) is 20.2. The lowest BCUT2D eigenvalue weighted by atomic mass is 9.96. The second kappa shape index (κ2) is 14.7. The van der Waals surface area contributed by atoms with Crippen molar-refractivity contribution in [2.45, 2.75) is 71.1 Å². The number of primary amides is 1. The smallest absolute Gasteiger partial charge is 0.326 e. The maximum absolute atomic E-state index is 13.0. The molecule has 0 aliphatic carbocycles. The molecule has 184 valence electrons. The van der Waals surface area contributed by atoms with Crippen LogP contribution >= 0.6 is 11.8 Å². The van der Waals surface area contributed by atoms with Crippen LogP contribution in [0.4, 0.5) is 0 Å². The van der Waals surface area contributed by atoms with Crippen LogP contribution < -0.4 is 27.4 Å². The molecule has 0 aliphatic rings. The van der Waals surface area contributed by atoms with E-state index >= 15 is 0 Å². The maximum atomic E-state index is 13.0. The van der Waals surface area contributed by atoms with Crippen molar-refractivity contribution in [2.75, 3.05) is 12.0 Å². The molecule has 32 heavy (non-hydrogen) atoms. The molecule has 0 aromatic rings. The monoisotopic (exact) mass is 475 g/mol. The second-order valence-corrected chi connectivity index (χ2v) is 9.04. The van der Waals surface area contributed by atoms with Gasteiger partial charge in [0.05, 0.1) is 12.5 Å². The zero-order chi connectivity index (χ0) is 25.0. The minimum absolute atomic E-state index is 0.131. The standard InChI is InChI=1S/C20H37N5O6S/c1-6-11(4)16(25-18(28)15(22)10(2)3)19(29)23-12(7-8-32-5)17(27)24-13(20(30)31)9-14(21)26/h10-13,15-16H,6-9,22H2,1-5H3,(H2,21,26)(H,23,29)(H,24,27)(H,25,28)(H,30,31). The molecule has 0 fully saturated rings. The Morgan fingerprint density at radius 2 is 1.50 bits per heavy atom. The first-order valence-electron chi connectivity index (χ1n) is 10.5. The molecule has 8 N–H and O–H groups in total. The summed E-state index contributed by atoms with van der Waals surface area (Å²) in [5, 5.41) is 16.7. The van der Waals surface area contributed by atoms with E-state index in [1.54, 1.807) is 20.8 Å². The van der Waals surface area contributed by atoms with Gasteiger partial charge in [0, 0.05) is 0 Å². The lowest BCUT2D eigenvalue weighted by Gasteiger charge is -2.28. The van der Waals surface area contributed by atoms with Crippen LogP contribution in [-0.4, -0.2) is 70.9 Å². The predicted molar refractivity (Wildman–Crippen MR) is 123 cm³/mol. The van der Waals surface area contributed by atoms with Crippen LogP contribution in [0.3, 0.4) is 0 Å². The molecule has 11 nitrogen and oxygen atoms in total. The van der Waals surface area contributed by atoms with E-state index in [0.29, 0.717) is 12.2 Å². The fraction of sp³-hybridized carbons (Fsp3) is 0.750. The summed E-state index contributed by atoms with van der Waals surface area (Å²) in [5.74, 6) is -3.98. The van der Waals surface area contributed by atoms with Crippen molar-refractivity contribution < 1.29 is 29.1 Å². The maximum Gasteiger partial charge on any atom is 0.326 e. The zero-order valence-electron chi connectivity index (χ0n) is 19.3. The van der Waals surface area contributed by atoms with E-state index in [1.807, 2.05) is 13.2 Å². The molecule has 0 bridgehead atoms. The van der Waals surface area contributed by atoms with Gasteiger partial charge in [0.2, 0.25) is 23.6 Å². The molecule has 12 heteroatoms. The summed E-state index contributed by atoms with van der Waals surface area (Å²) in [4.78, 5) is 60.6. The predicted octanol–water partition coefficient (Wildman–Crippen LogP) is -0.817. The van der Waals surface area contributed by atoms with Crippen molar-refractivity contribution in [2.24, 2.45) is 23.3 Å². The van der Waals surface area contributed by atoms with Crippen molar-refractivity contribution in [3.63, 3.8) is 0 Å². The molecular weight excluding hydrogens is 438 g/mol. The van der Waals surface area contributed by atoms with Gasteiger partial charge in [0.1, 0.15) is 18.1 Å². The van der Waals surface area contributed by atoms with Gasteiger partial charge in [-0.25, -0.2) is 4.79 Å². The van der Waals surface area contributed by atoms with Gasteiger partial charge in [-0.1, -0.05) is 34.1 Å². The van der Waals surface area contributed by atoms with Gasteiger partial charge in [-0.2, -0.15) is 11.8 Å². The molecule has 0 heterocycles. The Kier molecular flexibility index (Phi) is 13.6. The van der Waals surface area contributed by atoms with E-state index in [0.717, 1.165) is 0 Å². The van der Waals surface area contributed by atoms with E-state index in [-0.39, 0.29) is 18.3 Å². The normalized spacial score (nSPS) is 15.7. The van der Waals surface area contributed by atoms with Crippen LogP contribution in [0.5, 0.6) is 0 Å². The second-order valence-electron chi connectivity index (χ2n) is 8.05. The Bertz CT molecular complexity index is 675. The number of nitrogens with one attached hydrogen (secondary N) is 3. The van der Waals surface area contributed by atoms with Crippen LogP contribution in [0, 0.1) is 11.8 Å². The van der Waals surface area contributed by atoms with E-state index < -0.39 is 60.2 Å². The molecular formula is C20H37N5O6S. The summed E-state index contributed by atoms with van der Waals surface area (Å²) in [7, 11) is 0. The number of aliphatic carboxylic acids is 1. The number of carbonyl (C=O) groups is 5.